The van der Waals surface area contributed by atoms with E-state index in [4.69, 9.17) is 14.6 Å². The largest absolute Gasteiger partial charge is 0.496 e. The second-order valence-electron chi connectivity index (χ2n) is 9.43. The van der Waals surface area contributed by atoms with Crippen molar-refractivity contribution in [2.75, 3.05) is 26.7 Å². The number of ether oxygens (including phenoxy) is 2. The van der Waals surface area contributed by atoms with Gasteiger partial charge in [0.2, 0.25) is 0 Å². The Morgan fingerprint density at radius 2 is 1.97 bits per heavy atom. The topological polar surface area (TPSA) is 59.0 Å². The van der Waals surface area contributed by atoms with E-state index < -0.39 is 5.97 Å². The number of carboxylic acid groups (broad SMARTS) is 1. The van der Waals surface area contributed by atoms with Gasteiger partial charge in [0.1, 0.15) is 18.1 Å². The van der Waals surface area contributed by atoms with Gasteiger partial charge in [0.05, 0.1) is 13.0 Å². The molecule has 0 radical (unpaired) electrons. The Hall–Kier alpha value is -2.79. The Bertz CT molecular complexity index is 1000. The van der Waals surface area contributed by atoms with E-state index in [9.17, 15) is 4.79 Å². The van der Waals surface area contributed by atoms with Crippen molar-refractivity contribution in [1.82, 2.24) is 4.90 Å². The summed E-state index contributed by atoms with van der Waals surface area (Å²) in [5.41, 5.74) is 6.26. The molecule has 5 nitrogen and oxygen atoms in total. The van der Waals surface area contributed by atoms with Crippen molar-refractivity contribution in [2.45, 2.75) is 39.7 Å². The monoisotopic (exact) mass is 435 g/mol. The molecule has 0 spiro atoms. The number of methoxy groups -OCH3 is 1. The van der Waals surface area contributed by atoms with Crippen LogP contribution in [0.5, 0.6) is 11.5 Å². The van der Waals surface area contributed by atoms with Crippen molar-refractivity contribution in [1.29, 1.82) is 0 Å². The van der Waals surface area contributed by atoms with Gasteiger partial charge in [-0.3, -0.25) is 9.69 Å². The lowest BCUT2D eigenvalue weighted by molar-refractivity contribution is -0.147. The molecule has 5 heteroatoms. The highest BCUT2D eigenvalue weighted by Gasteiger charge is 2.32. The van der Waals surface area contributed by atoms with Gasteiger partial charge < -0.3 is 14.6 Å². The van der Waals surface area contributed by atoms with Crippen LogP contribution >= 0.6 is 0 Å². The first-order valence-corrected chi connectivity index (χ1v) is 11.5. The highest BCUT2D eigenvalue weighted by molar-refractivity contribution is 5.71. The summed E-state index contributed by atoms with van der Waals surface area (Å²) < 4.78 is 11.7. The minimum atomic E-state index is -0.680. The quantitative estimate of drug-likeness (QED) is 0.612. The molecular weight excluding hydrogens is 402 g/mol. The molecule has 1 heterocycles. The molecule has 1 aliphatic heterocycles. The zero-order valence-corrected chi connectivity index (χ0v) is 19.3. The van der Waals surface area contributed by atoms with Gasteiger partial charge in [0.15, 0.2) is 0 Å². The van der Waals surface area contributed by atoms with Crippen molar-refractivity contribution in [3.8, 4) is 11.5 Å². The minimum absolute atomic E-state index is 0.198. The molecule has 2 aromatic carbocycles. The molecule has 0 unspecified atom stereocenters. The van der Waals surface area contributed by atoms with Crippen LogP contribution in [0.4, 0.5) is 0 Å². The third-order valence-corrected chi connectivity index (χ3v) is 6.31. The zero-order chi connectivity index (χ0) is 22.7. The van der Waals surface area contributed by atoms with Gasteiger partial charge in [-0.15, -0.1) is 0 Å². The summed E-state index contributed by atoms with van der Waals surface area (Å²) in [4.78, 5) is 13.2. The Morgan fingerprint density at radius 3 is 2.69 bits per heavy atom. The average Bonchev–Trinajstić information content (AvgIpc) is 2.74. The Labute approximate surface area is 190 Å². The molecule has 1 N–H and O–H groups in total. The molecular formula is C27H33NO4. The van der Waals surface area contributed by atoms with E-state index in [0.29, 0.717) is 25.6 Å². The highest BCUT2D eigenvalue weighted by atomic mass is 16.5. The standard InChI is InChI=1S/C27H33NO4/c1-18(2)10-19-4-7-23(26(12-19)31-3)17-32-25-9-8-21-11-20(5-6-22(21)13-25)14-28-15-24(16-28)27(29)30/h4,7-9,11-13,18,24H,5-6,10,14-17H2,1-3H3,(H,29,30). The number of fused-ring (bicyclic) bond motifs is 1. The molecule has 32 heavy (non-hydrogen) atoms. The van der Waals surface area contributed by atoms with Crippen LogP contribution in [0.25, 0.3) is 6.08 Å². The number of likely N-dealkylation sites (tertiary alicyclic amines) is 1. The van der Waals surface area contributed by atoms with Crippen molar-refractivity contribution in [3.05, 3.63) is 64.2 Å². The smallest absolute Gasteiger partial charge is 0.309 e. The average molecular weight is 436 g/mol. The predicted molar refractivity (Wildman–Crippen MR) is 126 cm³/mol. The number of carboxylic acids is 1. The summed E-state index contributed by atoms with van der Waals surface area (Å²) in [5, 5.41) is 9.04. The summed E-state index contributed by atoms with van der Waals surface area (Å²) >= 11 is 0. The molecule has 0 bridgehead atoms. The number of nitrogens with zero attached hydrogens (tertiary/aromatic N) is 1. The van der Waals surface area contributed by atoms with Gasteiger partial charge in [-0.2, -0.15) is 0 Å². The fraction of sp³-hybridized carbons (Fsp3) is 0.444. The van der Waals surface area contributed by atoms with Gasteiger partial charge in [-0.1, -0.05) is 43.7 Å². The number of carbonyl (C=O) groups is 1. The lowest BCUT2D eigenvalue weighted by Crippen LogP contribution is -2.50. The van der Waals surface area contributed by atoms with Crippen LogP contribution in [0.1, 0.15) is 42.5 Å². The van der Waals surface area contributed by atoms with Crippen LogP contribution in [0.15, 0.2) is 42.0 Å². The molecule has 2 aromatic rings. The normalized spacial score (nSPS) is 16.3. The van der Waals surface area contributed by atoms with Crippen LogP contribution < -0.4 is 9.47 Å². The first-order valence-electron chi connectivity index (χ1n) is 11.5. The number of aryl methyl sites for hydroxylation is 1. The van der Waals surface area contributed by atoms with E-state index in [1.54, 1.807) is 7.11 Å². The summed E-state index contributed by atoms with van der Waals surface area (Å²) in [6, 6.07) is 12.7. The van der Waals surface area contributed by atoms with E-state index in [0.717, 1.165) is 42.9 Å². The summed E-state index contributed by atoms with van der Waals surface area (Å²) in [6.45, 7) is 7.11. The van der Waals surface area contributed by atoms with E-state index in [2.05, 4.69) is 55.2 Å². The molecule has 0 atom stereocenters. The maximum Gasteiger partial charge on any atom is 0.309 e. The van der Waals surface area contributed by atoms with Crippen LogP contribution in [0, 0.1) is 11.8 Å². The molecule has 170 valence electrons. The van der Waals surface area contributed by atoms with Gasteiger partial charge in [0, 0.05) is 25.2 Å². The number of hydrogen-bond donors (Lipinski definition) is 1. The van der Waals surface area contributed by atoms with Crippen LogP contribution in [-0.2, 0) is 24.2 Å². The van der Waals surface area contributed by atoms with E-state index in [-0.39, 0.29) is 5.92 Å². The van der Waals surface area contributed by atoms with Crippen LogP contribution in [0.2, 0.25) is 0 Å². The molecule has 0 saturated carbocycles. The van der Waals surface area contributed by atoms with Crippen LogP contribution in [-0.4, -0.2) is 42.7 Å². The van der Waals surface area contributed by atoms with E-state index >= 15 is 0 Å². The maximum atomic E-state index is 11.0. The predicted octanol–water partition coefficient (Wildman–Crippen LogP) is 4.82. The lowest BCUT2D eigenvalue weighted by Gasteiger charge is -2.37. The Balaban J connectivity index is 1.36. The van der Waals surface area contributed by atoms with Gasteiger partial charge in [-0.05, 0) is 60.1 Å². The Morgan fingerprint density at radius 1 is 1.16 bits per heavy atom. The SMILES string of the molecule is COc1cc(CC(C)C)ccc1COc1ccc2c(c1)CCC(CN1CC(C(=O)O)C1)=C2. The molecule has 2 aliphatic rings. The summed E-state index contributed by atoms with van der Waals surface area (Å²) in [7, 11) is 1.71. The fourth-order valence-corrected chi connectivity index (χ4v) is 4.55. The molecule has 4 rings (SSSR count). The Kier molecular flexibility index (Phi) is 6.85. The number of aliphatic carboxylic acids is 1. The van der Waals surface area contributed by atoms with Crippen molar-refractivity contribution >= 4 is 12.0 Å². The third kappa shape index (κ3) is 5.33. The molecule has 0 amide bonds. The molecule has 0 aromatic heterocycles. The van der Waals surface area contributed by atoms with Crippen molar-refractivity contribution in [3.63, 3.8) is 0 Å². The third-order valence-electron chi connectivity index (χ3n) is 6.31. The first kappa shape index (κ1) is 22.4. The van der Waals surface area contributed by atoms with E-state index in [1.165, 1.54) is 22.3 Å². The first-order chi connectivity index (χ1) is 15.4. The van der Waals surface area contributed by atoms with Gasteiger partial charge >= 0.3 is 5.97 Å². The second-order valence-corrected chi connectivity index (χ2v) is 9.43. The fourth-order valence-electron chi connectivity index (χ4n) is 4.55. The number of hydrogen-bond acceptors (Lipinski definition) is 4. The molecule has 1 aliphatic carbocycles. The second kappa shape index (κ2) is 9.78. The maximum absolute atomic E-state index is 11.0. The number of rotatable bonds is 9. The van der Waals surface area contributed by atoms with Crippen molar-refractivity contribution in [2.24, 2.45) is 11.8 Å². The summed E-state index contributed by atoms with van der Waals surface area (Å²) in [6.07, 6.45) is 5.29. The zero-order valence-electron chi connectivity index (χ0n) is 19.3. The van der Waals surface area contributed by atoms with E-state index in [1.807, 2.05) is 6.07 Å². The van der Waals surface area contributed by atoms with Crippen molar-refractivity contribution < 1.29 is 19.4 Å². The highest BCUT2D eigenvalue weighted by Crippen LogP contribution is 2.30. The minimum Gasteiger partial charge on any atom is -0.496 e. The molecule has 1 saturated heterocycles. The van der Waals surface area contributed by atoms with Gasteiger partial charge in [-0.25, -0.2) is 0 Å². The van der Waals surface area contributed by atoms with Crippen LogP contribution in [0.3, 0.4) is 0 Å². The summed E-state index contributed by atoms with van der Waals surface area (Å²) in [5.74, 6) is 1.49. The number of benzene rings is 2. The van der Waals surface area contributed by atoms with Gasteiger partial charge in [0.25, 0.3) is 0 Å². The molecule has 1 fully saturated rings. The lowest BCUT2D eigenvalue weighted by atomic mass is 9.90.